The molecule has 0 aromatic carbocycles. The van der Waals surface area contributed by atoms with E-state index in [4.69, 9.17) is 0 Å². The van der Waals surface area contributed by atoms with Gasteiger partial charge in [-0.2, -0.15) is 11.8 Å². The van der Waals surface area contributed by atoms with Gasteiger partial charge >= 0.3 is 0 Å². The van der Waals surface area contributed by atoms with E-state index in [0.717, 1.165) is 6.42 Å². The molecule has 1 aliphatic carbocycles. The summed E-state index contributed by atoms with van der Waals surface area (Å²) in [6.45, 7) is 1.74. The van der Waals surface area contributed by atoms with E-state index in [2.05, 4.69) is 6.26 Å². The summed E-state index contributed by atoms with van der Waals surface area (Å²) in [6, 6.07) is 0. The summed E-state index contributed by atoms with van der Waals surface area (Å²) in [7, 11) is 0. The molecule has 0 heterocycles. The normalized spacial score (nSPS) is 31.8. The lowest BCUT2D eigenvalue weighted by molar-refractivity contribution is -0.121. The first-order chi connectivity index (χ1) is 5.25. The van der Waals surface area contributed by atoms with E-state index < -0.39 is 0 Å². The third-order valence-electron chi connectivity index (χ3n) is 2.53. The summed E-state index contributed by atoms with van der Waals surface area (Å²) >= 11 is 1.86. The van der Waals surface area contributed by atoms with E-state index in [1.165, 1.54) is 19.3 Å². The van der Waals surface area contributed by atoms with Crippen molar-refractivity contribution >= 4 is 17.5 Å². The molecule has 0 bridgehead atoms. The van der Waals surface area contributed by atoms with Gasteiger partial charge in [0, 0.05) is 11.2 Å². The highest BCUT2D eigenvalue weighted by Crippen LogP contribution is 2.32. The number of Topliss-reactive ketones (excluding diaryl/α,β-unsaturated/α-hetero) is 1. The molecule has 1 aliphatic rings. The first-order valence-corrected chi connectivity index (χ1v) is 5.57. The van der Waals surface area contributed by atoms with E-state index in [0.29, 0.717) is 17.0 Å². The molecule has 0 aromatic rings. The van der Waals surface area contributed by atoms with Crippen molar-refractivity contribution in [1.82, 2.24) is 0 Å². The van der Waals surface area contributed by atoms with Gasteiger partial charge in [-0.05, 0) is 26.0 Å². The van der Waals surface area contributed by atoms with Crippen LogP contribution in [0.25, 0.3) is 0 Å². The van der Waals surface area contributed by atoms with Gasteiger partial charge in [0.1, 0.15) is 5.78 Å². The van der Waals surface area contributed by atoms with Gasteiger partial charge in [-0.3, -0.25) is 4.79 Å². The van der Waals surface area contributed by atoms with Crippen LogP contribution in [0.5, 0.6) is 0 Å². The number of carbonyl (C=O) groups excluding carboxylic acids is 1. The molecule has 1 rings (SSSR count). The number of hydrogen-bond acceptors (Lipinski definition) is 2. The first-order valence-electron chi connectivity index (χ1n) is 4.29. The van der Waals surface area contributed by atoms with Crippen LogP contribution in [0.1, 0.15) is 32.6 Å². The molecule has 1 saturated carbocycles. The zero-order valence-electron chi connectivity index (χ0n) is 7.30. The maximum Gasteiger partial charge on any atom is 0.134 e. The summed E-state index contributed by atoms with van der Waals surface area (Å²) in [5.41, 5.74) is 0. The highest BCUT2D eigenvalue weighted by atomic mass is 32.2. The average Bonchev–Trinajstić information content (AvgIpc) is 2.04. The number of hydrogen-bond donors (Lipinski definition) is 0. The minimum Gasteiger partial charge on any atom is -0.300 e. The van der Waals surface area contributed by atoms with Crippen molar-refractivity contribution in [2.75, 3.05) is 6.26 Å². The molecule has 0 aromatic heterocycles. The van der Waals surface area contributed by atoms with Crippen molar-refractivity contribution in [1.29, 1.82) is 0 Å². The molecule has 2 heteroatoms. The largest absolute Gasteiger partial charge is 0.300 e. The lowest BCUT2D eigenvalue weighted by atomic mass is 9.86. The van der Waals surface area contributed by atoms with Gasteiger partial charge < -0.3 is 0 Å². The van der Waals surface area contributed by atoms with Crippen LogP contribution in [0.4, 0.5) is 0 Å². The third-order valence-corrected chi connectivity index (χ3v) is 3.70. The Morgan fingerprint density at radius 1 is 1.36 bits per heavy atom. The Balaban J connectivity index is 2.51. The SMILES string of the molecule is CSC1CCCCC1C(C)=O. The van der Waals surface area contributed by atoms with Crippen molar-refractivity contribution in [3.05, 3.63) is 0 Å². The van der Waals surface area contributed by atoms with Crippen LogP contribution in [-0.2, 0) is 4.79 Å². The molecule has 2 unspecified atom stereocenters. The van der Waals surface area contributed by atoms with Crippen LogP contribution >= 0.6 is 11.8 Å². The van der Waals surface area contributed by atoms with E-state index in [-0.39, 0.29) is 0 Å². The lowest BCUT2D eigenvalue weighted by Crippen LogP contribution is -2.27. The Morgan fingerprint density at radius 2 is 2.00 bits per heavy atom. The van der Waals surface area contributed by atoms with Crippen molar-refractivity contribution < 1.29 is 4.79 Å². The monoisotopic (exact) mass is 172 g/mol. The second kappa shape index (κ2) is 4.15. The smallest absolute Gasteiger partial charge is 0.134 e. The highest BCUT2D eigenvalue weighted by Gasteiger charge is 2.27. The van der Waals surface area contributed by atoms with Gasteiger partial charge in [0.2, 0.25) is 0 Å². The van der Waals surface area contributed by atoms with Gasteiger partial charge in [0.05, 0.1) is 0 Å². The van der Waals surface area contributed by atoms with Gasteiger partial charge in [-0.1, -0.05) is 12.8 Å². The zero-order chi connectivity index (χ0) is 8.27. The quantitative estimate of drug-likeness (QED) is 0.636. The average molecular weight is 172 g/mol. The minimum atomic E-state index is 0.360. The second-order valence-corrected chi connectivity index (χ2v) is 4.35. The van der Waals surface area contributed by atoms with Crippen LogP contribution in [0.2, 0.25) is 0 Å². The van der Waals surface area contributed by atoms with E-state index in [1.54, 1.807) is 6.92 Å². The van der Waals surface area contributed by atoms with Crippen molar-refractivity contribution in [3.8, 4) is 0 Å². The number of thioether (sulfide) groups is 1. The van der Waals surface area contributed by atoms with Crippen LogP contribution in [0.15, 0.2) is 0 Å². The molecule has 0 saturated heterocycles. The molecule has 0 amide bonds. The van der Waals surface area contributed by atoms with Crippen molar-refractivity contribution in [2.24, 2.45) is 5.92 Å². The topological polar surface area (TPSA) is 17.1 Å². The highest BCUT2D eigenvalue weighted by molar-refractivity contribution is 7.99. The minimum absolute atomic E-state index is 0.360. The Kier molecular flexibility index (Phi) is 3.44. The van der Waals surface area contributed by atoms with Gasteiger partial charge in [-0.25, -0.2) is 0 Å². The Morgan fingerprint density at radius 3 is 2.45 bits per heavy atom. The standard InChI is InChI=1S/C9H16OS/c1-7(10)8-5-3-4-6-9(8)11-2/h8-9H,3-6H2,1-2H3. The van der Waals surface area contributed by atoms with E-state index in [9.17, 15) is 4.79 Å². The van der Waals surface area contributed by atoms with Gasteiger partial charge in [0.15, 0.2) is 0 Å². The first kappa shape index (κ1) is 9.11. The fourth-order valence-corrected chi connectivity index (χ4v) is 2.90. The molecule has 0 radical (unpaired) electrons. The van der Waals surface area contributed by atoms with Crippen LogP contribution in [-0.4, -0.2) is 17.3 Å². The Hall–Kier alpha value is 0.0200. The zero-order valence-corrected chi connectivity index (χ0v) is 8.12. The van der Waals surface area contributed by atoms with E-state index in [1.807, 2.05) is 11.8 Å². The summed E-state index contributed by atoms with van der Waals surface area (Å²) in [6.07, 6.45) is 7.05. The number of rotatable bonds is 2. The molecule has 0 N–H and O–H groups in total. The predicted molar refractivity (Wildman–Crippen MR) is 49.9 cm³/mol. The van der Waals surface area contributed by atoms with Crippen LogP contribution in [0, 0.1) is 5.92 Å². The van der Waals surface area contributed by atoms with E-state index >= 15 is 0 Å². The third kappa shape index (κ3) is 2.22. The molecular weight excluding hydrogens is 156 g/mol. The fraction of sp³-hybridized carbons (Fsp3) is 0.889. The summed E-state index contributed by atoms with van der Waals surface area (Å²) < 4.78 is 0. The summed E-state index contributed by atoms with van der Waals surface area (Å²) in [5.74, 6) is 0.753. The molecule has 11 heavy (non-hydrogen) atoms. The van der Waals surface area contributed by atoms with Gasteiger partial charge in [-0.15, -0.1) is 0 Å². The Labute approximate surface area is 72.9 Å². The molecule has 1 nitrogen and oxygen atoms in total. The lowest BCUT2D eigenvalue weighted by Gasteiger charge is -2.27. The van der Waals surface area contributed by atoms with Crippen molar-refractivity contribution in [3.63, 3.8) is 0 Å². The molecular formula is C9H16OS. The molecule has 0 aliphatic heterocycles. The molecule has 1 fully saturated rings. The Bertz CT molecular complexity index is 144. The maximum absolute atomic E-state index is 11.2. The molecule has 2 atom stereocenters. The fourth-order valence-electron chi connectivity index (χ4n) is 1.84. The van der Waals surface area contributed by atoms with Crippen LogP contribution in [0.3, 0.4) is 0 Å². The molecule has 0 spiro atoms. The maximum atomic E-state index is 11.2. The van der Waals surface area contributed by atoms with Crippen LogP contribution < -0.4 is 0 Å². The number of carbonyl (C=O) groups is 1. The molecule has 64 valence electrons. The summed E-state index contributed by atoms with van der Waals surface area (Å²) in [4.78, 5) is 11.2. The second-order valence-electron chi connectivity index (χ2n) is 3.28. The predicted octanol–water partition coefficient (Wildman–Crippen LogP) is 2.50. The van der Waals surface area contributed by atoms with Gasteiger partial charge in [0.25, 0.3) is 0 Å². The van der Waals surface area contributed by atoms with Crippen molar-refractivity contribution in [2.45, 2.75) is 37.9 Å². The summed E-state index contributed by atoms with van der Waals surface area (Å²) in [5, 5.41) is 0.612. The number of ketones is 1.